The van der Waals surface area contributed by atoms with Crippen molar-refractivity contribution in [1.29, 1.82) is 0 Å². The van der Waals surface area contributed by atoms with Gasteiger partial charge in [0.05, 0.1) is 6.54 Å². The van der Waals surface area contributed by atoms with Crippen LogP contribution >= 0.6 is 11.3 Å². The van der Waals surface area contributed by atoms with Crippen LogP contribution in [-0.2, 0) is 13.0 Å². The van der Waals surface area contributed by atoms with Gasteiger partial charge in [0.25, 0.3) is 0 Å². The van der Waals surface area contributed by atoms with Crippen LogP contribution < -0.4 is 10.6 Å². The standard InChI is InChI=1S/C8H15N5S/c1-4-6-12-13-7(14-6)5-11-8(9-2)10-3/h4-5H2,1-3H3,(H2,9,10,11). The lowest BCUT2D eigenvalue weighted by Crippen LogP contribution is -2.34. The first kappa shape index (κ1) is 10.9. The van der Waals surface area contributed by atoms with E-state index in [1.807, 2.05) is 7.05 Å². The molecule has 14 heavy (non-hydrogen) atoms. The Morgan fingerprint density at radius 2 is 2.14 bits per heavy atom. The van der Waals surface area contributed by atoms with Gasteiger partial charge in [-0.05, 0) is 6.42 Å². The van der Waals surface area contributed by atoms with Crippen molar-refractivity contribution in [2.45, 2.75) is 19.9 Å². The Bertz CT molecular complexity index is 306. The summed E-state index contributed by atoms with van der Waals surface area (Å²) in [5.41, 5.74) is 0. The molecule has 0 saturated carbocycles. The maximum absolute atomic E-state index is 4.05. The van der Waals surface area contributed by atoms with Crippen molar-refractivity contribution in [3.8, 4) is 0 Å². The van der Waals surface area contributed by atoms with Crippen LogP contribution in [0.3, 0.4) is 0 Å². The quantitative estimate of drug-likeness (QED) is 0.563. The summed E-state index contributed by atoms with van der Waals surface area (Å²) in [4.78, 5) is 4.00. The van der Waals surface area contributed by atoms with Gasteiger partial charge < -0.3 is 10.6 Å². The predicted octanol–water partition coefficient (Wildman–Crippen LogP) is 0.395. The van der Waals surface area contributed by atoms with Gasteiger partial charge in [-0.1, -0.05) is 18.3 Å². The van der Waals surface area contributed by atoms with E-state index in [0.29, 0.717) is 6.54 Å². The Morgan fingerprint density at radius 1 is 1.43 bits per heavy atom. The third kappa shape index (κ3) is 2.95. The fraction of sp³-hybridized carbons (Fsp3) is 0.625. The van der Waals surface area contributed by atoms with Gasteiger partial charge in [0, 0.05) is 14.1 Å². The molecule has 0 aliphatic rings. The third-order valence-corrected chi connectivity index (χ3v) is 2.75. The van der Waals surface area contributed by atoms with Crippen LogP contribution in [0, 0.1) is 0 Å². The van der Waals surface area contributed by atoms with E-state index in [1.165, 1.54) is 0 Å². The molecule has 0 amide bonds. The number of aliphatic imine (C=N–C) groups is 1. The average molecular weight is 213 g/mol. The molecular formula is C8H15N5S. The molecule has 0 bridgehead atoms. The van der Waals surface area contributed by atoms with Crippen molar-refractivity contribution in [1.82, 2.24) is 20.8 Å². The highest BCUT2D eigenvalue weighted by Crippen LogP contribution is 2.09. The molecule has 1 aromatic heterocycles. The van der Waals surface area contributed by atoms with Gasteiger partial charge in [-0.15, -0.1) is 10.2 Å². The van der Waals surface area contributed by atoms with Gasteiger partial charge in [-0.25, -0.2) is 0 Å². The molecule has 2 N–H and O–H groups in total. The van der Waals surface area contributed by atoms with E-state index in [1.54, 1.807) is 18.4 Å². The maximum Gasteiger partial charge on any atom is 0.191 e. The van der Waals surface area contributed by atoms with Crippen molar-refractivity contribution in [2.24, 2.45) is 4.99 Å². The van der Waals surface area contributed by atoms with Crippen LogP contribution in [0.25, 0.3) is 0 Å². The smallest absolute Gasteiger partial charge is 0.191 e. The van der Waals surface area contributed by atoms with Gasteiger partial charge in [0.1, 0.15) is 10.0 Å². The Hall–Kier alpha value is -1.17. The van der Waals surface area contributed by atoms with E-state index in [9.17, 15) is 0 Å². The minimum absolute atomic E-state index is 0.672. The minimum Gasteiger partial charge on any atom is -0.359 e. The third-order valence-electron chi connectivity index (χ3n) is 1.68. The zero-order valence-electron chi connectivity index (χ0n) is 8.66. The molecule has 0 radical (unpaired) electrons. The second-order valence-electron chi connectivity index (χ2n) is 2.62. The highest BCUT2D eigenvalue weighted by Gasteiger charge is 2.02. The summed E-state index contributed by atoms with van der Waals surface area (Å²) in [5.74, 6) is 0.762. The van der Waals surface area contributed by atoms with E-state index >= 15 is 0 Å². The molecule has 6 heteroatoms. The molecule has 0 aromatic carbocycles. The largest absolute Gasteiger partial charge is 0.359 e. The number of aryl methyl sites for hydroxylation is 1. The summed E-state index contributed by atoms with van der Waals surface area (Å²) in [6, 6.07) is 0. The second kappa shape index (κ2) is 5.54. The zero-order chi connectivity index (χ0) is 10.4. The first-order chi connectivity index (χ1) is 6.80. The number of guanidine groups is 1. The summed E-state index contributed by atoms with van der Waals surface area (Å²) in [6.07, 6.45) is 0.943. The fourth-order valence-electron chi connectivity index (χ4n) is 0.941. The normalized spacial score (nSPS) is 11.5. The molecule has 1 heterocycles. The van der Waals surface area contributed by atoms with Crippen LogP contribution in [0.15, 0.2) is 4.99 Å². The lowest BCUT2D eigenvalue weighted by Gasteiger charge is -2.05. The predicted molar refractivity (Wildman–Crippen MR) is 58.5 cm³/mol. The van der Waals surface area contributed by atoms with Gasteiger partial charge in [-0.2, -0.15) is 0 Å². The molecule has 5 nitrogen and oxygen atoms in total. The van der Waals surface area contributed by atoms with E-state index in [4.69, 9.17) is 0 Å². The molecule has 1 rings (SSSR count). The lowest BCUT2D eigenvalue weighted by molar-refractivity contribution is 0.832. The van der Waals surface area contributed by atoms with E-state index in [2.05, 4.69) is 32.7 Å². The van der Waals surface area contributed by atoms with Gasteiger partial charge in [0.2, 0.25) is 0 Å². The Morgan fingerprint density at radius 3 is 2.64 bits per heavy atom. The summed E-state index contributed by atoms with van der Waals surface area (Å²) >= 11 is 1.63. The molecule has 0 unspecified atom stereocenters. The molecule has 0 spiro atoms. The van der Waals surface area contributed by atoms with E-state index in [-0.39, 0.29) is 0 Å². The van der Waals surface area contributed by atoms with Crippen molar-refractivity contribution < 1.29 is 0 Å². The number of rotatable bonds is 3. The second-order valence-corrected chi connectivity index (χ2v) is 3.77. The average Bonchev–Trinajstić information content (AvgIpc) is 2.67. The molecule has 0 aliphatic heterocycles. The number of hydrogen-bond donors (Lipinski definition) is 2. The number of aromatic nitrogens is 2. The molecule has 0 fully saturated rings. The summed E-state index contributed by atoms with van der Waals surface area (Å²) < 4.78 is 0. The minimum atomic E-state index is 0.672. The highest BCUT2D eigenvalue weighted by atomic mass is 32.1. The number of nitrogens with zero attached hydrogens (tertiary/aromatic N) is 3. The molecule has 78 valence electrons. The molecule has 0 aliphatic carbocycles. The SMILES string of the molecule is CCc1nnc(CNC(=NC)NC)s1. The molecule has 1 aromatic rings. The summed E-state index contributed by atoms with van der Waals surface area (Å²) in [6.45, 7) is 2.75. The monoisotopic (exact) mass is 213 g/mol. The lowest BCUT2D eigenvalue weighted by atomic mass is 10.5. The van der Waals surface area contributed by atoms with Crippen LogP contribution in [0.5, 0.6) is 0 Å². The van der Waals surface area contributed by atoms with Gasteiger partial charge in [-0.3, -0.25) is 4.99 Å². The Balaban J connectivity index is 2.45. The zero-order valence-corrected chi connectivity index (χ0v) is 9.48. The van der Waals surface area contributed by atoms with Crippen LogP contribution in [0.4, 0.5) is 0 Å². The van der Waals surface area contributed by atoms with Gasteiger partial charge >= 0.3 is 0 Å². The van der Waals surface area contributed by atoms with E-state index in [0.717, 1.165) is 22.4 Å². The van der Waals surface area contributed by atoms with E-state index < -0.39 is 0 Å². The topological polar surface area (TPSA) is 62.2 Å². The van der Waals surface area contributed by atoms with Crippen molar-refractivity contribution >= 4 is 17.3 Å². The van der Waals surface area contributed by atoms with Crippen LogP contribution in [0.1, 0.15) is 16.9 Å². The van der Waals surface area contributed by atoms with Crippen LogP contribution in [0.2, 0.25) is 0 Å². The fourth-order valence-corrected chi connectivity index (χ4v) is 1.67. The molecule has 0 saturated heterocycles. The summed E-state index contributed by atoms with van der Waals surface area (Å²) in [7, 11) is 3.56. The first-order valence-electron chi connectivity index (χ1n) is 4.49. The van der Waals surface area contributed by atoms with Gasteiger partial charge in [0.15, 0.2) is 5.96 Å². The molecular weight excluding hydrogens is 198 g/mol. The summed E-state index contributed by atoms with van der Waals surface area (Å²) in [5, 5.41) is 16.2. The van der Waals surface area contributed by atoms with Crippen molar-refractivity contribution in [3.63, 3.8) is 0 Å². The Labute approximate surface area is 87.7 Å². The number of nitrogens with one attached hydrogen (secondary N) is 2. The first-order valence-corrected chi connectivity index (χ1v) is 5.31. The molecule has 0 atom stereocenters. The highest BCUT2D eigenvalue weighted by molar-refractivity contribution is 7.11. The van der Waals surface area contributed by atoms with Crippen LogP contribution in [-0.4, -0.2) is 30.3 Å². The van der Waals surface area contributed by atoms with Crippen molar-refractivity contribution in [3.05, 3.63) is 10.0 Å². The number of hydrogen-bond acceptors (Lipinski definition) is 4. The maximum atomic E-state index is 4.05. The Kier molecular flexibility index (Phi) is 4.31. The van der Waals surface area contributed by atoms with Crippen molar-refractivity contribution in [2.75, 3.05) is 14.1 Å².